The number of nitrogens with zero attached hydrogens (tertiary/aromatic N) is 3. The molecule has 10 heteroatoms. The van der Waals surface area contributed by atoms with Crippen LogP contribution in [0.5, 0.6) is 23.5 Å². The van der Waals surface area contributed by atoms with E-state index < -0.39 is 0 Å². The fraction of sp³-hybridized carbons (Fsp3) is 0.231. The number of anilines is 3. The van der Waals surface area contributed by atoms with Gasteiger partial charge in [-0.15, -0.1) is 0 Å². The Kier molecular flexibility index (Phi) is 7.05. The van der Waals surface area contributed by atoms with Gasteiger partial charge in [0.25, 0.3) is 5.91 Å². The van der Waals surface area contributed by atoms with E-state index in [1.807, 2.05) is 18.2 Å². The average molecular weight is 490 g/mol. The van der Waals surface area contributed by atoms with Crippen molar-refractivity contribution in [1.82, 2.24) is 15.1 Å². The molecule has 2 aromatic carbocycles. The van der Waals surface area contributed by atoms with Crippen molar-refractivity contribution in [3.8, 4) is 23.5 Å². The largest absolute Gasteiger partial charge is 0.481 e. The number of ether oxygens (including phenoxy) is 3. The van der Waals surface area contributed by atoms with Gasteiger partial charge in [0, 0.05) is 22.9 Å². The van der Waals surface area contributed by atoms with Crippen LogP contribution < -0.4 is 24.8 Å². The van der Waals surface area contributed by atoms with Crippen molar-refractivity contribution in [3.63, 3.8) is 0 Å². The lowest BCUT2D eigenvalue weighted by Gasteiger charge is -2.12. The molecule has 0 unspecified atom stereocenters. The molecule has 0 saturated carbocycles. The number of amides is 1. The molecule has 4 rings (SSSR count). The lowest BCUT2D eigenvalue weighted by atomic mass is 9.93. The van der Waals surface area contributed by atoms with Gasteiger partial charge in [0.1, 0.15) is 11.5 Å². The van der Waals surface area contributed by atoms with Crippen LogP contribution >= 0.6 is 0 Å². The molecule has 2 N–H and O–H groups in total. The summed E-state index contributed by atoms with van der Waals surface area (Å²) >= 11 is 0. The molecule has 10 nitrogen and oxygen atoms in total. The maximum Gasteiger partial charge on any atom is 0.328 e. The smallest absolute Gasteiger partial charge is 0.328 e. The third kappa shape index (κ3) is 5.90. The van der Waals surface area contributed by atoms with Crippen LogP contribution in [-0.2, 0) is 5.41 Å². The number of rotatable bonds is 8. The number of carbonyl (C=O) groups is 1. The van der Waals surface area contributed by atoms with Crippen LogP contribution in [0.3, 0.4) is 0 Å². The number of aromatic nitrogens is 3. The zero-order valence-corrected chi connectivity index (χ0v) is 20.7. The quantitative estimate of drug-likeness (QED) is 0.327. The minimum absolute atomic E-state index is 0.00986. The summed E-state index contributed by atoms with van der Waals surface area (Å²) in [6.07, 6.45) is 0. The van der Waals surface area contributed by atoms with Crippen LogP contribution in [0.1, 0.15) is 36.9 Å². The molecule has 0 saturated heterocycles. The third-order valence-electron chi connectivity index (χ3n) is 5.07. The highest BCUT2D eigenvalue weighted by molar-refractivity contribution is 6.06. The van der Waals surface area contributed by atoms with Gasteiger partial charge in [-0.1, -0.05) is 38.1 Å². The number of carbonyl (C=O) groups excluding carboxylic acids is 1. The van der Waals surface area contributed by atoms with E-state index in [2.05, 4.69) is 46.5 Å². The van der Waals surface area contributed by atoms with Crippen LogP contribution in [0.25, 0.3) is 0 Å². The summed E-state index contributed by atoms with van der Waals surface area (Å²) in [7, 11) is 2.95. The molecule has 2 heterocycles. The summed E-state index contributed by atoms with van der Waals surface area (Å²) in [5.74, 6) is 1.86. The Labute approximate surface area is 208 Å². The van der Waals surface area contributed by atoms with E-state index in [9.17, 15) is 4.79 Å². The van der Waals surface area contributed by atoms with Crippen molar-refractivity contribution in [2.24, 2.45) is 0 Å². The monoisotopic (exact) mass is 489 g/mol. The maximum absolute atomic E-state index is 13.0. The molecular weight excluding hydrogens is 462 g/mol. The minimum atomic E-state index is -0.354. The normalized spacial score (nSPS) is 11.0. The molecule has 2 aromatic heterocycles. The molecule has 0 spiro atoms. The summed E-state index contributed by atoms with van der Waals surface area (Å²) in [6.45, 7) is 6.16. The average Bonchev–Trinajstić information content (AvgIpc) is 3.34. The Morgan fingerprint density at radius 2 is 1.53 bits per heavy atom. The molecule has 0 bridgehead atoms. The molecule has 0 aliphatic rings. The zero-order valence-electron chi connectivity index (χ0n) is 20.7. The topological polar surface area (TPSA) is 121 Å². The summed E-state index contributed by atoms with van der Waals surface area (Å²) in [4.78, 5) is 21.3. The summed E-state index contributed by atoms with van der Waals surface area (Å²) in [5.41, 5.74) is 1.58. The molecule has 0 aliphatic heterocycles. The van der Waals surface area contributed by atoms with E-state index in [0.29, 0.717) is 17.1 Å². The van der Waals surface area contributed by atoms with Crippen molar-refractivity contribution in [1.29, 1.82) is 0 Å². The molecule has 0 aliphatic carbocycles. The highest BCUT2D eigenvalue weighted by Crippen LogP contribution is 2.28. The molecule has 0 atom stereocenters. The predicted molar refractivity (Wildman–Crippen MR) is 135 cm³/mol. The third-order valence-corrected chi connectivity index (χ3v) is 5.07. The SMILES string of the molecule is COc1cc(OC)nc(Oc2ccccc2C(=O)Nc2ccc(Nc3cc(C(C)(C)C)on3)cc2)n1. The second kappa shape index (κ2) is 10.3. The summed E-state index contributed by atoms with van der Waals surface area (Å²) < 4.78 is 21.5. The number of para-hydroxylation sites is 1. The van der Waals surface area contributed by atoms with Gasteiger partial charge in [-0.05, 0) is 36.4 Å². The van der Waals surface area contributed by atoms with Crippen molar-refractivity contribution in [2.45, 2.75) is 26.2 Å². The van der Waals surface area contributed by atoms with Crippen LogP contribution in [0.15, 0.2) is 65.2 Å². The number of nitrogens with one attached hydrogen (secondary N) is 2. The fourth-order valence-corrected chi connectivity index (χ4v) is 3.15. The van der Waals surface area contributed by atoms with Gasteiger partial charge in [-0.3, -0.25) is 4.79 Å². The van der Waals surface area contributed by atoms with Crippen LogP contribution in [0, 0.1) is 0 Å². The van der Waals surface area contributed by atoms with E-state index in [1.165, 1.54) is 20.3 Å². The second-order valence-corrected chi connectivity index (χ2v) is 8.82. The molecule has 0 fully saturated rings. The maximum atomic E-state index is 13.0. The van der Waals surface area contributed by atoms with E-state index in [-0.39, 0.29) is 34.8 Å². The Morgan fingerprint density at radius 3 is 2.14 bits per heavy atom. The minimum Gasteiger partial charge on any atom is -0.481 e. The Bertz CT molecular complexity index is 1320. The zero-order chi connectivity index (χ0) is 25.7. The lowest BCUT2D eigenvalue weighted by Crippen LogP contribution is -2.13. The number of hydrogen-bond donors (Lipinski definition) is 2. The first-order valence-electron chi connectivity index (χ1n) is 11.1. The molecular formula is C26H27N5O5. The van der Waals surface area contributed by atoms with Crippen molar-refractivity contribution in [3.05, 3.63) is 72.0 Å². The molecule has 4 aromatic rings. The van der Waals surface area contributed by atoms with Gasteiger partial charge in [-0.25, -0.2) is 0 Å². The van der Waals surface area contributed by atoms with Gasteiger partial charge in [-0.2, -0.15) is 9.97 Å². The van der Waals surface area contributed by atoms with E-state index in [4.69, 9.17) is 18.7 Å². The van der Waals surface area contributed by atoms with Gasteiger partial charge >= 0.3 is 6.01 Å². The first-order chi connectivity index (χ1) is 17.2. The van der Waals surface area contributed by atoms with Gasteiger partial charge in [0.2, 0.25) is 11.8 Å². The van der Waals surface area contributed by atoms with Crippen molar-refractivity contribution >= 4 is 23.1 Å². The number of benzene rings is 2. The van der Waals surface area contributed by atoms with Gasteiger partial charge in [0.15, 0.2) is 5.82 Å². The number of methoxy groups -OCH3 is 2. The van der Waals surface area contributed by atoms with E-state index in [1.54, 1.807) is 36.4 Å². The number of hydrogen-bond acceptors (Lipinski definition) is 9. The summed E-state index contributed by atoms with van der Waals surface area (Å²) in [6, 6.07) is 17.4. The fourth-order valence-electron chi connectivity index (χ4n) is 3.15. The molecule has 36 heavy (non-hydrogen) atoms. The molecule has 186 valence electrons. The Morgan fingerprint density at radius 1 is 0.889 bits per heavy atom. The Hall–Kier alpha value is -4.60. The molecule has 0 radical (unpaired) electrons. The van der Waals surface area contributed by atoms with Gasteiger partial charge < -0.3 is 29.4 Å². The second-order valence-electron chi connectivity index (χ2n) is 8.82. The Balaban J connectivity index is 1.45. The van der Waals surface area contributed by atoms with Crippen LogP contribution in [0.2, 0.25) is 0 Å². The first-order valence-corrected chi connectivity index (χ1v) is 11.1. The van der Waals surface area contributed by atoms with Crippen molar-refractivity contribution in [2.75, 3.05) is 24.9 Å². The first kappa shape index (κ1) is 24.5. The highest BCUT2D eigenvalue weighted by Gasteiger charge is 2.20. The predicted octanol–water partition coefficient (Wildman–Crippen LogP) is 5.57. The lowest BCUT2D eigenvalue weighted by molar-refractivity contribution is 0.102. The van der Waals surface area contributed by atoms with Crippen molar-refractivity contribution < 1.29 is 23.5 Å². The highest BCUT2D eigenvalue weighted by atomic mass is 16.5. The van der Waals surface area contributed by atoms with E-state index in [0.717, 1.165) is 11.4 Å². The van der Waals surface area contributed by atoms with Gasteiger partial charge in [0.05, 0.1) is 25.8 Å². The van der Waals surface area contributed by atoms with Crippen LogP contribution in [-0.4, -0.2) is 35.3 Å². The molecule has 1 amide bonds. The van der Waals surface area contributed by atoms with Crippen LogP contribution in [0.4, 0.5) is 17.2 Å². The standard InChI is InChI=1S/C26H27N5O5/c1-26(2,3)20-14-21(31-36-20)27-16-10-12-17(13-11-16)28-24(32)18-8-6-7-9-19(18)35-25-29-22(33-4)15-23(30-25)34-5/h6-15H,1-5H3,(H,27,31)(H,28,32). The summed E-state index contributed by atoms with van der Waals surface area (Å²) in [5, 5.41) is 10.1. The van der Waals surface area contributed by atoms with E-state index >= 15 is 0 Å².